The number of nitrogens with one attached hydrogen (secondary N) is 1. The van der Waals surface area contributed by atoms with E-state index in [4.69, 9.17) is 11.6 Å². The Kier molecular flexibility index (Phi) is 3.13. The molecule has 0 amide bonds. The van der Waals surface area contributed by atoms with Gasteiger partial charge < -0.3 is 4.98 Å². The third-order valence-corrected chi connectivity index (χ3v) is 3.03. The minimum atomic E-state index is -0.121. The van der Waals surface area contributed by atoms with Gasteiger partial charge in [-0.2, -0.15) is 0 Å². The molecule has 6 heteroatoms. The fraction of sp³-hybridized carbons (Fsp3) is 0.222. The molecular weight excluding hydrogens is 234 g/mol. The Bertz CT molecular complexity index is 488. The molecule has 0 fully saturated rings. The predicted octanol–water partition coefficient (Wildman–Crippen LogP) is 1.67. The molecule has 1 N–H and O–H groups in total. The maximum Gasteiger partial charge on any atom is 0.247 e. The highest BCUT2D eigenvalue weighted by atomic mass is 35.5. The van der Waals surface area contributed by atoms with Gasteiger partial charge in [-0.15, -0.1) is 21.8 Å². The first-order chi connectivity index (χ1) is 7.29. The van der Waals surface area contributed by atoms with Crippen LogP contribution in [0.4, 0.5) is 0 Å². The van der Waals surface area contributed by atoms with Crippen molar-refractivity contribution < 1.29 is 0 Å². The van der Waals surface area contributed by atoms with E-state index in [2.05, 4.69) is 15.2 Å². The van der Waals surface area contributed by atoms with Gasteiger partial charge in [0, 0.05) is 30.1 Å². The van der Waals surface area contributed by atoms with Crippen LogP contribution in [-0.2, 0) is 6.42 Å². The predicted molar refractivity (Wildman–Crippen MR) is 60.4 cm³/mol. The summed E-state index contributed by atoms with van der Waals surface area (Å²) >= 11 is 7.09. The van der Waals surface area contributed by atoms with Crippen LogP contribution in [0.2, 0.25) is 0 Å². The minimum absolute atomic E-state index is 0.121. The van der Waals surface area contributed by atoms with Gasteiger partial charge in [0.15, 0.2) is 0 Å². The molecular formula is C9H8ClN3OS. The zero-order chi connectivity index (χ0) is 10.7. The standard InChI is InChI=1S/C9H8ClN3OS/c10-4-3-8-12-13-9(15-8)6-1-2-7(14)11-5-6/h1-2,5H,3-4H2,(H,11,14). The molecule has 2 heterocycles. The molecule has 0 saturated carbocycles. The third kappa shape index (κ3) is 2.43. The number of H-pyrrole nitrogens is 1. The molecule has 2 aromatic rings. The molecule has 0 spiro atoms. The molecule has 78 valence electrons. The van der Waals surface area contributed by atoms with Crippen molar-refractivity contribution in [3.8, 4) is 10.6 Å². The highest BCUT2D eigenvalue weighted by molar-refractivity contribution is 7.14. The second-order valence-corrected chi connectivity index (χ2v) is 4.32. The number of nitrogens with zero attached hydrogens (tertiary/aromatic N) is 2. The zero-order valence-electron chi connectivity index (χ0n) is 7.74. The number of alkyl halides is 1. The molecule has 2 aromatic heterocycles. The first-order valence-electron chi connectivity index (χ1n) is 4.37. The average Bonchev–Trinajstić information content (AvgIpc) is 2.68. The summed E-state index contributed by atoms with van der Waals surface area (Å²) in [6, 6.07) is 3.20. The molecule has 0 saturated heterocycles. The van der Waals surface area contributed by atoms with Gasteiger partial charge in [0.05, 0.1) is 0 Å². The van der Waals surface area contributed by atoms with E-state index in [-0.39, 0.29) is 5.56 Å². The second-order valence-electron chi connectivity index (χ2n) is 2.88. The van der Waals surface area contributed by atoms with E-state index in [1.54, 1.807) is 12.3 Å². The third-order valence-electron chi connectivity index (χ3n) is 1.81. The number of aromatic amines is 1. The Morgan fingerprint density at radius 1 is 1.40 bits per heavy atom. The highest BCUT2D eigenvalue weighted by Gasteiger charge is 2.05. The van der Waals surface area contributed by atoms with Crippen LogP contribution in [0.1, 0.15) is 5.01 Å². The van der Waals surface area contributed by atoms with Gasteiger partial charge in [-0.1, -0.05) is 11.3 Å². The van der Waals surface area contributed by atoms with Gasteiger partial charge in [0.2, 0.25) is 5.56 Å². The minimum Gasteiger partial charge on any atom is -0.328 e. The van der Waals surface area contributed by atoms with Crippen LogP contribution in [0.5, 0.6) is 0 Å². The number of pyridine rings is 1. The lowest BCUT2D eigenvalue weighted by Gasteiger charge is -1.91. The SMILES string of the molecule is O=c1ccc(-c2nnc(CCCl)s2)c[nH]1. The topological polar surface area (TPSA) is 58.6 Å². The van der Waals surface area contributed by atoms with E-state index in [0.717, 1.165) is 22.0 Å². The van der Waals surface area contributed by atoms with Gasteiger partial charge >= 0.3 is 0 Å². The van der Waals surface area contributed by atoms with Gasteiger partial charge in [-0.05, 0) is 6.07 Å². The van der Waals surface area contributed by atoms with Gasteiger partial charge in [0.1, 0.15) is 10.0 Å². The van der Waals surface area contributed by atoms with Crippen molar-refractivity contribution in [1.82, 2.24) is 15.2 Å². The van der Waals surface area contributed by atoms with Crippen LogP contribution in [0.25, 0.3) is 10.6 Å². The molecule has 0 radical (unpaired) electrons. The summed E-state index contributed by atoms with van der Waals surface area (Å²) < 4.78 is 0. The first kappa shape index (κ1) is 10.3. The summed E-state index contributed by atoms with van der Waals surface area (Å²) in [5.74, 6) is 0.542. The quantitative estimate of drug-likeness (QED) is 0.832. The maximum atomic E-state index is 10.9. The zero-order valence-corrected chi connectivity index (χ0v) is 9.31. The van der Waals surface area contributed by atoms with Crippen LogP contribution in [0, 0.1) is 0 Å². The lowest BCUT2D eigenvalue weighted by atomic mass is 10.3. The molecule has 2 rings (SSSR count). The Balaban J connectivity index is 2.29. The second kappa shape index (κ2) is 4.55. The number of aromatic nitrogens is 3. The van der Waals surface area contributed by atoms with E-state index in [1.165, 1.54) is 17.4 Å². The molecule has 0 unspecified atom stereocenters. The fourth-order valence-electron chi connectivity index (χ4n) is 1.10. The molecule has 15 heavy (non-hydrogen) atoms. The number of aryl methyl sites for hydroxylation is 1. The van der Waals surface area contributed by atoms with Crippen molar-refractivity contribution in [3.05, 3.63) is 33.7 Å². The van der Waals surface area contributed by atoms with E-state index in [0.29, 0.717) is 5.88 Å². The summed E-state index contributed by atoms with van der Waals surface area (Å²) in [7, 11) is 0. The van der Waals surface area contributed by atoms with Crippen LogP contribution in [0.15, 0.2) is 23.1 Å². The van der Waals surface area contributed by atoms with Gasteiger partial charge in [0.25, 0.3) is 0 Å². The van der Waals surface area contributed by atoms with Crippen LogP contribution < -0.4 is 5.56 Å². The van der Waals surface area contributed by atoms with E-state index >= 15 is 0 Å². The highest BCUT2D eigenvalue weighted by Crippen LogP contribution is 2.22. The lowest BCUT2D eigenvalue weighted by molar-refractivity contribution is 0.989. The number of hydrogen-bond acceptors (Lipinski definition) is 4. The maximum absolute atomic E-state index is 10.9. The first-order valence-corrected chi connectivity index (χ1v) is 5.72. The summed E-state index contributed by atoms with van der Waals surface area (Å²) in [5, 5.41) is 9.73. The monoisotopic (exact) mass is 241 g/mol. The molecule has 4 nitrogen and oxygen atoms in total. The molecule has 0 atom stereocenters. The lowest BCUT2D eigenvalue weighted by Crippen LogP contribution is -2.01. The van der Waals surface area contributed by atoms with Crippen molar-refractivity contribution in [2.24, 2.45) is 0 Å². The number of halogens is 1. The Morgan fingerprint density at radius 3 is 2.93 bits per heavy atom. The molecule has 0 aliphatic carbocycles. The Hall–Kier alpha value is -1.20. The van der Waals surface area contributed by atoms with Crippen molar-refractivity contribution in [3.63, 3.8) is 0 Å². The molecule has 0 bridgehead atoms. The van der Waals surface area contributed by atoms with Crippen molar-refractivity contribution in [2.75, 3.05) is 5.88 Å². The van der Waals surface area contributed by atoms with Crippen molar-refractivity contribution in [1.29, 1.82) is 0 Å². The summed E-state index contributed by atoms with van der Waals surface area (Å²) in [6.07, 6.45) is 2.36. The van der Waals surface area contributed by atoms with E-state index < -0.39 is 0 Å². The molecule has 0 aliphatic heterocycles. The Morgan fingerprint density at radius 2 is 2.27 bits per heavy atom. The number of hydrogen-bond donors (Lipinski definition) is 1. The summed E-state index contributed by atoms with van der Waals surface area (Å²) in [5.41, 5.74) is 0.747. The van der Waals surface area contributed by atoms with Crippen molar-refractivity contribution in [2.45, 2.75) is 6.42 Å². The summed E-state index contributed by atoms with van der Waals surface area (Å²) in [4.78, 5) is 13.5. The molecule has 0 aromatic carbocycles. The van der Waals surface area contributed by atoms with Crippen LogP contribution >= 0.6 is 22.9 Å². The molecule has 0 aliphatic rings. The van der Waals surface area contributed by atoms with E-state index in [1.807, 2.05) is 0 Å². The summed E-state index contributed by atoms with van der Waals surface area (Å²) in [6.45, 7) is 0. The van der Waals surface area contributed by atoms with Crippen LogP contribution in [0.3, 0.4) is 0 Å². The largest absolute Gasteiger partial charge is 0.328 e. The smallest absolute Gasteiger partial charge is 0.247 e. The van der Waals surface area contributed by atoms with Gasteiger partial charge in [-0.25, -0.2) is 0 Å². The van der Waals surface area contributed by atoms with E-state index in [9.17, 15) is 4.79 Å². The van der Waals surface area contributed by atoms with Gasteiger partial charge in [-0.3, -0.25) is 4.79 Å². The number of rotatable bonds is 3. The van der Waals surface area contributed by atoms with Crippen molar-refractivity contribution >= 4 is 22.9 Å². The fourth-order valence-corrected chi connectivity index (χ4v) is 2.22. The van der Waals surface area contributed by atoms with Crippen LogP contribution in [-0.4, -0.2) is 21.1 Å². The average molecular weight is 242 g/mol. The normalized spacial score (nSPS) is 10.5. The Labute approximate surface area is 95.0 Å².